The molecule has 22 heteroatoms. The van der Waals surface area contributed by atoms with E-state index in [1.54, 1.807) is 44.2 Å². The van der Waals surface area contributed by atoms with Gasteiger partial charge in [0.15, 0.2) is 18.6 Å². The minimum Gasteiger partial charge on any atom is -0.445 e. The molecule has 1 aromatic carbocycles. The molecule has 20 nitrogen and oxygen atoms in total. The first kappa shape index (κ1) is 46.9. The zero-order valence-electron chi connectivity index (χ0n) is 32.5. The fourth-order valence-corrected chi connectivity index (χ4v) is 6.00. The highest BCUT2D eigenvalue weighted by Gasteiger charge is 2.63. The summed E-state index contributed by atoms with van der Waals surface area (Å²) in [5, 5.41) is 25.0. The summed E-state index contributed by atoms with van der Waals surface area (Å²) in [6.45, 7) is 4.27. The van der Waals surface area contributed by atoms with Gasteiger partial charge >= 0.3 is 37.5 Å². The van der Waals surface area contributed by atoms with Gasteiger partial charge in [0, 0.05) is 12.3 Å². The summed E-state index contributed by atoms with van der Waals surface area (Å²) < 4.78 is 70.5. The molecule has 1 aromatic heterocycles. The maximum absolute atomic E-state index is 14.9. The number of aliphatic hydroxyl groups excluding tert-OH is 1. The average molecular weight is 834 g/mol. The second-order valence-corrected chi connectivity index (χ2v) is 15.7. The van der Waals surface area contributed by atoms with Crippen molar-refractivity contribution in [2.45, 2.75) is 91.4 Å². The lowest BCUT2D eigenvalue weighted by molar-refractivity contribution is -0.161. The van der Waals surface area contributed by atoms with Crippen LogP contribution in [0.15, 0.2) is 52.2 Å². The molecular weight excluding hydrogens is 784 g/mol. The Hall–Kier alpha value is -4.50. The lowest BCUT2D eigenvalue weighted by Gasteiger charge is -2.31. The predicted molar refractivity (Wildman–Crippen MR) is 192 cm³/mol. The third-order valence-corrected chi connectivity index (χ3v) is 9.74. The van der Waals surface area contributed by atoms with E-state index in [0.29, 0.717) is 14.7 Å². The van der Waals surface area contributed by atoms with Gasteiger partial charge in [-0.25, -0.2) is 37.0 Å². The zero-order valence-corrected chi connectivity index (χ0v) is 33.4. The minimum absolute atomic E-state index is 0.0883. The molecule has 1 amide bonds. The number of hydrogen-bond acceptors (Lipinski definition) is 17. The molecule has 0 saturated carbocycles. The number of amides is 1. The minimum atomic E-state index is -4.94. The number of alkyl carbamates (subject to hydrolysis) is 1. The van der Waals surface area contributed by atoms with Crippen molar-refractivity contribution < 1.29 is 75.6 Å². The second-order valence-electron chi connectivity index (χ2n) is 14.0. The summed E-state index contributed by atoms with van der Waals surface area (Å²) in [5.41, 5.74) is -6.68. The monoisotopic (exact) mass is 833 g/mol. The van der Waals surface area contributed by atoms with Crippen molar-refractivity contribution in [1.82, 2.24) is 14.5 Å². The number of halogens is 1. The van der Waals surface area contributed by atoms with E-state index in [9.17, 15) is 47.9 Å². The Morgan fingerprint density at radius 1 is 0.895 bits per heavy atom. The maximum atomic E-state index is 14.9. The van der Waals surface area contributed by atoms with E-state index in [4.69, 9.17) is 37.3 Å². The number of nitrogens with one attached hydrogen (secondary N) is 1. The molecule has 3 rings (SSSR count). The second kappa shape index (κ2) is 20.3. The summed E-state index contributed by atoms with van der Waals surface area (Å²) in [6, 6.07) is 8.29. The summed E-state index contributed by atoms with van der Waals surface area (Å²) in [5.74, 6) is -4.34. The van der Waals surface area contributed by atoms with Crippen LogP contribution in [-0.2, 0) is 69.5 Å². The van der Waals surface area contributed by atoms with Crippen molar-refractivity contribution >= 4 is 31.8 Å². The van der Waals surface area contributed by atoms with Crippen molar-refractivity contribution in [2.24, 2.45) is 17.8 Å². The first-order valence-electron chi connectivity index (χ1n) is 17.6. The first-order chi connectivity index (χ1) is 26.7. The standard InChI is InChI=1S/C35H49FN3O17P/c1-21(2)26(37-32(45)49-15-24-11-9-8-10-12-24)29(43)50-18-39-25(40)13-14-38(33(39)46)31-34(7,47)30(44)35(16-36,56-31)17-53-57(48,54-19-51-27(41)22(3)4)55-20-52-28(42)23(5)6/h8-14,21-23,26,30-31,44,47H,15-20H2,1-7H3,(H,37,45)/t26-,30-,31+,34+,35+/m0/s1. The number of rotatable bonds is 20. The fraction of sp³-hybridized carbons (Fsp3) is 0.600. The molecule has 0 unspecified atom stereocenters. The van der Waals surface area contributed by atoms with Crippen LogP contribution in [0, 0.1) is 17.8 Å². The molecule has 1 aliphatic heterocycles. The number of phosphoric ester groups is 1. The van der Waals surface area contributed by atoms with Crippen molar-refractivity contribution in [3.63, 3.8) is 0 Å². The van der Waals surface area contributed by atoms with Gasteiger partial charge in [-0.1, -0.05) is 71.9 Å². The molecule has 57 heavy (non-hydrogen) atoms. The summed E-state index contributed by atoms with van der Waals surface area (Å²) in [4.78, 5) is 75.7. The molecule has 5 atom stereocenters. The topological polar surface area (TPSA) is 256 Å². The molecule has 1 fully saturated rings. The van der Waals surface area contributed by atoms with Gasteiger partial charge in [0.1, 0.15) is 31.0 Å². The molecule has 0 bridgehead atoms. The van der Waals surface area contributed by atoms with E-state index in [0.717, 1.165) is 19.2 Å². The SMILES string of the molecule is CC(C)C(=O)OCOP(=O)(OCOC(=O)C(C)C)OC[C@@]1(CF)O[C@@H](n2ccc(=O)n(COC(=O)[C@@H](NC(=O)OCc3ccccc3)C(C)C)c2=O)[C@](C)(O)[C@@H]1O. The van der Waals surface area contributed by atoms with Gasteiger partial charge in [0.05, 0.1) is 18.4 Å². The number of alkyl halides is 1. The third kappa shape index (κ3) is 12.2. The van der Waals surface area contributed by atoms with E-state index in [1.807, 2.05) is 0 Å². The van der Waals surface area contributed by atoms with Gasteiger partial charge in [-0.05, 0) is 18.4 Å². The highest BCUT2D eigenvalue weighted by Crippen LogP contribution is 2.52. The molecule has 3 N–H and O–H groups in total. The number of ether oxygens (including phenoxy) is 5. The summed E-state index contributed by atoms with van der Waals surface area (Å²) in [7, 11) is -4.94. The Morgan fingerprint density at radius 3 is 2.00 bits per heavy atom. The number of carbonyl (C=O) groups is 4. The predicted octanol–water partition coefficient (Wildman–Crippen LogP) is 2.28. The number of benzene rings is 1. The Bertz CT molecular complexity index is 1840. The fourth-order valence-electron chi connectivity index (χ4n) is 5.04. The molecule has 1 aliphatic rings. The molecular formula is C35H49FN3O17P. The Morgan fingerprint density at radius 2 is 1.47 bits per heavy atom. The lowest BCUT2D eigenvalue weighted by atomic mass is 9.88. The van der Waals surface area contributed by atoms with Crippen molar-refractivity contribution in [1.29, 1.82) is 0 Å². The van der Waals surface area contributed by atoms with Crippen LogP contribution < -0.4 is 16.6 Å². The lowest BCUT2D eigenvalue weighted by Crippen LogP contribution is -2.53. The molecule has 2 aromatic rings. The summed E-state index contributed by atoms with van der Waals surface area (Å²) in [6.07, 6.45) is -4.27. The quantitative estimate of drug-likeness (QED) is 0.0748. The van der Waals surface area contributed by atoms with Crippen LogP contribution in [0.25, 0.3) is 0 Å². The van der Waals surface area contributed by atoms with Crippen LogP contribution in [0.1, 0.15) is 60.3 Å². The van der Waals surface area contributed by atoms with Crippen LogP contribution in [0.4, 0.5) is 9.18 Å². The first-order valence-corrected chi connectivity index (χ1v) is 19.1. The molecule has 2 heterocycles. The molecule has 1 saturated heterocycles. The van der Waals surface area contributed by atoms with Gasteiger partial charge in [0.25, 0.3) is 5.56 Å². The van der Waals surface area contributed by atoms with Gasteiger partial charge in [-0.15, -0.1) is 0 Å². The molecule has 0 radical (unpaired) electrons. The van der Waals surface area contributed by atoms with Crippen LogP contribution in [-0.4, -0.2) is 93.6 Å². The number of hydrogen-bond donors (Lipinski definition) is 3. The van der Waals surface area contributed by atoms with E-state index in [-0.39, 0.29) is 6.61 Å². The van der Waals surface area contributed by atoms with Crippen molar-refractivity contribution in [2.75, 3.05) is 26.9 Å². The van der Waals surface area contributed by atoms with E-state index < -0.39 is 124 Å². The molecule has 318 valence electrons. The van der Waals surface area contributed by atoms with Crippen LogP contribution in [0.5, 0.6) is 0 Å². The Labute approximate surface area is 326 Å². The van der Waals surface area contributed by atoms with Crippen molar-refractivity contribution in [3.05, 3.63) is 69.0 Å². The maximum Gasteiger partial charge on any atom is 0.480 e. The number of aromatic nitrogens is 2. The number of aliphatic hydroxyl groups is 2. The highest BCUT2D eigenvalue weighted by atomic mass is 31.2. The van der Waals surface area contributed by atoms with E-state index in [2.05, 4.69) is 5.32 Å². The van der Waals surface area contributed by atoms with Gasteiger partial charge < -0.3 is 39.2 Å². The highest BCUT2D eigenvalue weighted by molar-refractivity contribution is 7.48. The molecule has 0 spiro atoms. The molecule has 0 aliphatic carbocycles. The average Bonchev–Trinajstić information content (AvgIpc) is 3.36. The van der Waals surface area contributed by atoms with E-state index >= 15 is 0 Å². The van der Waals surface area contributed by atoms with Crippen molar-refractivity contribution in [3.8, 4) is 0 Å². The number of phosphoric acid groups is 1. The Kier molecular flexibility index (Phi) is 16.7. The van der Waals surface area contributed by atoms with Gasteiger partial charge in [0.2, 0.25) is 13.6 Å². The third-order valence-electron chi connectivity index (χ3n) is 8.45. The zero-order chi connectivity index (χ0) is 42.7. The summed E-state index contributed by atoms with van der Waals surface area (Å²) >= 11 is 0. The largest absolute Gasteiger partial charge is 0.480 e. The number of nitrogens with zero attached hydrogens (tertiary/aromatic N) is 2. The van der Waals surface area contributed by atoms with Crippen LogP contribution in [0.3, 0.4) is 0 Å². The van der Waals surface area contributed by atoms with E-state index in [1.165, 1.54) is 27.7 Å². The van der Waals surface area contributed by atoms with Gasteiger partial charge in [-0.3, -0.25) is 23.5 Å². The number of esters is 3. The van der Waals surface area contributed by atoms with Gasteiger partial charge in [-0.2, -0.15) is 0 Å². The van der Waals surface area contributed by atoms with Crippen LogP contribution in [0.2, 0.25) is 0 Å². The number of carbonyl (C=O) groups excluding carboxylic acids is 4. The normalized spacial score (nSPS) is 21.4. The van der Waals surface area contributed by atoms with Crippen LogP contribution >= 0.6 is 7.82 Å². The smallest absolute Gasteiger partial charge is 0.445 e. The Balaban J connectivity index is 1.80.